The van der Waals surface area contributed by atoms with E-state index in [4.69, 9.17) is 9.15 Å². The highest BCUT2D eigenvalue weighted by molar-refractivity contribution is 5.87. The van der Waals surface area contributed by atoms with Crippen molar-refractivity contribution in [3.63, 3.8) is 0 Å². The summed E-state index contributed by atoms with van der Waals surface area (Å²) in [4.78, 5) is 17.9. The summed E-state index contributed by atoms with van der Waals surface area (Å²) in [6, 6.07) is 14.3. The molecule has 3 heterocycles. The van der Waals surface area contributed by atoms with Crippen LogP contribution in [0.5, 0.6) is 0 Å². The van der Waals surface area contributed by atoms with Crippen molar-refractivity contribution in [2.75, 3.05) is 33.4 Å². The average molecular weight is 383 g/mol. The Labute approximate surface area is 167 Å². The Balaban J connectivity index is 1.49. The molecule has 0 aliphatic carbocycles. The molecular weight excluding hydrogens is 352 g/mol. The third-order valence-corrected chi connectivity index (χ3v) is 6.40. The van der Waals surface area contributed by atoms with E-state index in [9.17, 15) is 4.79 Å². The van der Waals surface area contributed by atoms with Crippen LogP contribution in [0.2, 0.25) is 0 Å². The number of nitrogens with zero attached hydrogens (tertiary/aromatic N) is 2. The molecule has 1 unspecified atom stereocenters. The summed E-state index contributed by atoms with van der Waals surface area (Å²) >= 11 is 0. The molecular formula is C23H30N2O3. The van der Waals surface area contributed by atoms with Gasteiger partial charge >= 0.3 is 0 Å². The zero-order valence-corrected chi connectivity index (χ0v) is 16.9. The number of benzene rings is 1. The largest absolute Gasteiger partial charge is 0.465 e. The Hall–Kier alpha value is -2.11. The normalized spacial score (nSPS) is 22.3. The first-order valence-electron chi connectivity index (χ1n) is 10.2. The molecule has 0 N–H and O–H groups in total. The molecule has 1 aromatic carbocycles. The highest BCUT2D eigenvalue weighted by atomic mass is 16.5. The van der Waals surface area contributed by atoms with Crippen molar-refractivity contribution in [2.24, 2.45) is 0 Å². The number of carbonyl (C=O) groups is 1. The number of aryl methyl sites for hydroxylation is 1. The van der Waals surface area contributed by atoms with Gasteiger partial charge < -0.3 is 14.1 Å². The quantitative estimate of drug-likeness (QED) is 0.766. The molecule has 2 aromatic rings. The summed E-state index contributed by atoms with van der Waals surface area (Å²) in [5.74, 6) is 2.21. The molecule has 1 atom stereocenters. The van der Waals surface area contributed by atoms with Crippen LogP contribution in [-0.2, 0) is 16.1 Å². The standard InChI is InChI=1S/C23H30N2O3/c1-18-8-9-20(28-18)17-24-12-10-23(11-13-24)16-21(19-6-4-3-5-7-19)22(26)25(23)14-15-27-2/h3-9,21H,10-17H2,1-2H3. The maximum atomic E-state index is 13.3. The molecule has 1 aromatic heterocycles. The topological polar surface area (TPSA) is 45.9 Å². The van der Waals surface area contributed by atoms with Gasteiger partial charge in [0, 0.05) is 32.3 Å². The van der Waals surface area contributed by atoms with Crippen molar-refractivity contribution in [2.45, 2.75) is 44.2 Å². The molecule has 1 spiro atoms. The van der Waals surface area contributed by atoms with E-state index in [2.05, 4.69) is 28.0 Å². The molecule has 0 radical (unpaired) electrons. The minimum absolute atomic E-state index is 0.0303. The van der Waals surface area contributed by atoms with E-state index >= 15 is 0 Å². The predicted octanol–water partition coefficient (Wildman–Crippen LogP) is 3.59. The van der Waals surface area contributed by atoms with Crippen LogP contribution in [0.4, 0.5) is 0 Å². The molecule has 5 nitrogen and oxygen atoms in total. The van der Waals surface area contributed by atoms with Crippen molar-refractivity contribution >= 4 is 5.91 Å². The SMILES string of the molecule is COCCN1C(=O)C(c2ccccc2)CC12CCN(Cc1ccc(C)o1)CC2. The lowest BCUT2D eigenvalue weighted by atomic mass is 9.81. The van der Waals surface area contributed by atoms with E-state index in [-0.39, 0.29) is 17.4 Å². The van der Waals surface area contributed by atoms with Crippen LogP contribution < -0.4 is 0 Å². The fourth-order valence-corrected chi connectivity index (χ4v) is 4.87. The fraction of sp³-hybridized carbons (Fsp3) is 0.522. The first kappa shape index (κ1) is 19.2. The van der Waals surface area contributed by atoms with E-state index in [1.165, 1.54) is 0 Å². The van der Waals surface area contributed by atoms with Crippen LogP contribution in [0, 0.1) is 6.92 Å². The average Bonchev–Trinajstić information content (AvgIpc) is 3.24. The molecule has 150 valence electrons. The highest BCUT2D eigenvalue weighted by Gasteiger charge is 2.51. The first-order valence-corrected chi connectivity index (χ1v) is 10.2. The third kappa shape index (κ3) is 3.74. The summed E-state index contributed by atoms with van der Waals surface area (Å²) in [5.41, 5.74) is 1.09. The van der Waals surface area contributed by atoms with E-state index in [0.717, 1.165) is 56.0 Å². The van der Waals surface area contributed by atoms with Gasteiger partial charge in [-0.3, -0.25) is 9.69 Å². The van der Waals surface area contributed by atoms with E-state index in [1.807, 2.05) is 31.2 Å². The molecule has 0 saturated carbocycles. The van der Waals surface area contributed by atoms with Gasteiger partial charge in [-0.05, 0) is 43.9 Å². The van der Waals surface area contributed by atoms with Gasteiger partial charge in [0.2, 0.25) is 5.91 Å². The van der Waals surface area contributed by atoms with Gasteiger partial charge in [-0.1, -0.05) is 30.3 Å². The lowest BCUT2D eigenvalue weighted by Gasteiger charge is -2.44. The smallest absolute Gasteiger partial charge is 0.230 e. The van der Waals surface area contributed by atoms with Crippen molar-refractivity contribution in [3.8, 4) is 0 Å². The number of piperidine rings is 1. The summed E-state index contributed by atoms with van der Waals surface area (Å²) in [7, 11) is 1.70. The van der Waals surface area contributed by atoms with Gasteiger partial charge in [0.05, 0.1) is 19.1 Å². The van der Waals surface area contributed by atoms with Crippen molar-refractivity contribution in [1.82, 2.24) is 9.80 Å². The van der Waals surface area contributed by atoms with Crippen LogP contribution in [0.3, 0.4) is 0 Å². The van der Waals surface area contributed by atoms with Gasteiger partial charge in [0.1, 0.15) is 11.5 Å². The van der Waals surface area contributed by atoms with Crippen LogP contribution in [0.15, 0.2) is 46.9 Å². The van der Waals surface area contributed by atoms with E-state index in [0.29, 0.717) is 13.2 Å². The third-order valence-electron chi connectivity index (χ3n) is 6.40. The maximum absolute atomic E-state index is 13.3. The van der Waals surface area contributed by atoms with Crippen LogP contribution in [-0.4, -0.2) is 54.6 Å². The Morgan fingerprint density at radius 2 is 1.89 bits per heavy atom. The molecule has 0 bridgehead atoms. The number of rotatable bonds is 6. The second-order valence-corrected chi connectivity index (χ2v) is 8.16. The number of likely N-dealkylation sites (tertiary alicyclic amines) is 2. The molecule has 2 aliphatic heterocycles. The van der Waals surface area contributed by atoms with Gasteiger partial charge in [-0.25, -0.2) is 0 Å². The van der Waals surface area contributed by atoms with E-state index < -0.39 is 0 Å². The Bertz CT molecular complexity index is 793. The highest BCUT2D eigenvalue weighted by Crippen LogP contribution is 2.45. The lowest BCUT2D eigenvalue weighted by molar-refractivity contribution is -0.134. The number of amides is 1. The zero-order chi connectivity index (χ0) is 19.6. The number of ether oxygens (including phenoxy) is 1. The monoisotopic (exact) mass is 382 g/mol. The predicted molar refractivity (Wildman–Crippen MR) is 108 cm³/mol. The fourth-order valence-electron chi connectivity index (χ4n) is 4.87. The Morgan fingerprint density at radius 1 is 1.14 bits per heavy atom. The zero-order valence-electron chi connectivity index (χ0n) is 16.9. The minimum Gasteiger partial charge on any atom is -0.465 e. The summed E-state index contributed by atoms with van der Waals surface area (Å²) < 4.78 is 11.1. The number of methoxy groups -OCH3 is 1. The Morgan fingerprint density at radius 3 is 2.54 bits per heavy atom. The Kier molecular flexibility index (Phi) is 5.56. The number of hydrogen-bond donors (Lipinski definition) is 0. The molecule has 4 rings (SSSR count). The molecule has 2 saturated heterocycles. The van der Waals surface area contributed by atoms with Gasteiger partial charge in [-0.2, -0.15) is 0 Å². The molecule has 5 heteroatoms. The van der Waals surface area contributed by atoms with Crippen molar-refractivity contribution in [3.05, 3.63) is 59.5 Å². The van der Waals surface area contributed by atoms with Gasteiger partial charge in [-0.15, -0.1) is 0 Å². The molecule has 2 aliphatic rings. The number of hydrogen-bond acceptors (Lipinski definition) is 4. The first-order chi connectivity index (χ1) is 13.6. The summed E-state index contributed by atoms with van der Waals surface area (Å²) in [6.45, 7) is 6.06. The second kappa shape index (κ2) is 8.10. The van der Waals surface area contributed by atoms with Crippen LogP contribution in [0.1, 0.15) is 42.3 Å². The van der Waals surface area contributed by atoms with Gasteiger partial charge in [0.15, 0.2) is 0 Å². The molecule has 2 fully saturated rings. The van der Waals surface area contributed by atoms with Crippen LogP contribution >= 0.6 is 0 Å². The molecule has 1 amide bonds. The number of furan rings is 1. The van der Waals surface area contributed by atoms with Gasteiger partial charge in [0.25, 0.3) is 0 Å². The molecule has 28 heavy (non-hydrogen) atoms. The number of carbonyl (C=O) groups excluding carboxylic acids is 1. The maximum Gasteiger partial charge on any atom is 0.230 e. The van der Waals surface area contributed by atoms with Crippen molar-refractivity contribution < 1.29 is 13.9 Å². The lowest BCUT2D eigenvalue weighted by Crippen LogP contribution is -2.53. The summed E-state index contributed by atoms with van der Waals surface area (Å²) in [6.07, 6.45) is 2.92. The van der Waals surface area contributed by atoms with Crippen molar-refractivity contribution in [1.29, 1.82) is 0 Å². The summed E-state index contributed by atoms with van der Waals surface area (Å²) in [5, 5.41) is 0. The van der Waals surface area contributed by atoms with Crippen LogP contribution in [0.25, 0.3) is 0 Å². The minimum atomic E-state index is -0.0499. The second-order valence-electron chi connectivity index (χ2n) is 8.16. The van der Waals surface area contributed by atoms with E-state index in [1.54, 1.807) is 7.11 Å².